The van der Waals surface area contributed by atoms with Crippen molar-refractivity contribution in [1.29, 1.82) is 0 Å². The zero-order valence-electron chi connectivity index (χ0n) is 10.9. The Morgan fingerprint density at radius 2 is 2.15 bits per heavy atom. The van der Waals surface area contributed by atoms with Crippen LogP contribution in [0.2, 0.25) is 10.0 Å². The molecule has 2 rings (SSSR count). The van der Waals surface area contributed by atoms with Gasteiger partial charge in [-0.3, -0.25) is 4.79 Å². The second-order valence-electron chi connectivity index (χ2n) is 4.68. The van der Waals surface area contributed by atoms with Gasteiger partial charge in [0.15, 0.2) is 5.75 Å². The highest BCUT2D eigenvalue weighted by molar-refractivity contribution is 6.37. The summed E-state index contributed by atoms with van der Waals surface area (Å²) in [5.74, 6) is -0.0375. The van der Waals surface area contributed by atoms with Crippen molar-refractivity contribution in [2.45, 2.75) is 12.0 Å². The van der Waals surface area contributed by atoms with Crippen LogP contribution in [0, 0.1) is 0 Å². The third-order valence-corrected chi connectivity index (χ3v) is 3.69. The molecule has 1 aromatic rings. The number of carbonyl (C=O) groups is 1. The van der Waals surface area contributed by atoms with E-state index in [4.69, 9.17) is 32.7 Å². The van der Waals surface area contributed by atoms with Crippen LogP contribution < -0.4 is 10.1 Å². The summed E-state index contributed by atoms with van der Waals surface area (Å²) in [6.45, 7) is 0.830. The SMILES string of the molecule is COc1c(Cl)cc(C(=O)NCC2(O)CCOC2)cc1Cl. The summed E-state index contributed by atoms with van der Waals surface area (Å²) >= 11 is 11.9. The Morgan fingerprint density at radius 3 is 2.65 bits per heavy atom. The molecule has 1 saturated heterocycles. The van der Waals surface area contributed by atoms with Gasteiger partial charge < -0.3 is 19.9 Å². The molecule has 1 aliphatic heterocycles. The molecule has 1 unspecified atom stereocenters. The molecule has 1 aliphatic rings. The Kier molecular flexibility index (Phi) is 4.75. The Morgan fingerprint density at radius 1 is 1.50 bits per heavy atom. The molecule has 1 aromatic carbocycles. The number of amides is 1. The number of hydrogen-bond acceptors (Lipinski definition) is 4. The molecule has 1 heterocycles. The first-order chi connectivity index (χ1) is 9.45. The highest BCUT2D eigenvalue weighted by Crippen LogP contribution is 2.33. The van der Waals surface area contributed by atoms with Crippen LogP contribution in [0.15, 0.2) is 12.1 Å². The fraction of sp³-hybridized carbons (Fsp3) is 0.462. The zero-order chi connectivity index (χ0) is 14.8. The normalized spacial score (nSPS) is 21.8. The molecule has 20 heavy (non-hydrogen) atoms. The molecule has 1 atom stereocenters. The summed E-state index contributed by atoms with van der Waals surface area (Å²) in [6.07, 6.45) is 0.497. The van der Waals surface area contributed by atoms with Crippen LogP contribution in [0.1, 0.15) is 16.8 Å². The van der Waals surface area contributed by atoms with Crippen LogP contribution in [0.5, 0.6) is 5.75 Å². The highest BCUT2D eigenvalue weighted by atomic mass is 35.5. The predicted molar refractivity (Wildman–Crippen MR) is 75.7 cm³/mol. The van der Waals surface area contributed by atoms with Crippen molar-refractivity contribution in [2.75, 3.05) is 26.9 Å². The van der Waals surface area contributed by atoms with Crippen molar-refractivity contribution in [2.24, 2.45) is 0 Å². The van der Waals surface area contributed by atoms with Crippen molar-refractivity contribution in [3.63, 3.8) is 0 Å². The molecule has 0 spiro atoms. The number of halogens is 2. The maximum Gasteiger partial charge on any atom is 0.251 e. The van der Waals surface area contributed by atoms with Gasteiger partial charge in [-0.15, -0.1) is 0 Å². The lowest BCUT2D eigenvalue weighted by Gasteiger charge is -2.20. The van der Waals surface area contributed by atoms with Crippen LogP contribution in [0.4, 0.5) is 0 Å². The first-order valence-corrected chi connectivity index (χ1v) is 6.82. The lowest BCUT2D eigenvalue weighted by atomic mass is 10.0. The fourth-order valence-corrected chi connectivity index (χ4v) is 2.61. The number of ether oxygens (including phenoxy) is 2. The van der Waals surface area contributed by atoms with E-state index >= 15 is 0 Å². The molecular formula is C13H15Cl2NO4. The molecule has 0 radical (unpaired) electrons. The molecule has 0 aliphatic carbocycles. The van der Waals surface area contributed by atoms with Crippen molar-refractivity contribution < 1.29 is 19.4 Å². The number of rotatable bonds is 4. The number of benzene rings is 1. The van der Waals surface area contributed by atoms with Gasteiger partial charge in [0.1, 0.15) is 5.60 Å². The molecule has 1 amide bonds. The Labute approximate surface area is 126 Å². The topological polar surface area (TPSA) is 67.8 Å². The van der Waals surface area contributed by atoms with Gasteiger partial charge in [0, 0.05) is 25.1 Å². The van der Waals surface area contributed by atoms with Gasteiger partial charge in [-0.25, -0.2) is 0 Å². The zero-order valence-corrected chi connectivity index (χ0v) is 12.4. The number of nitrogens with one attached hydrogen (secondary N) is 1. The van der Waals surface area contributed by atoms with E-state index in [0.717, 1.165) is 0 Å². The first-order valence-electron chi connectivity index (χ1n) is 6.06. The van der Waals surface area contributed by atoms with Crippen molar-refractivity contribution in [3.8, 4) is 5.75 Å². The molecule has 110 valence electrons. The van der Waals surface area contributed by atoms with Gasteiger partial charge >= 0.3 is 0 Å². The molecule has 0 bridgehead atoms. The third kappa shape index (κ3) is 3.35. The van der Waals surface area contributed by atoms with Gasteiger partial charge in [-0.2, -0.15) is 0 Å². The average molecular weight is 320 g/mol. The summed E-state index contributed by atoms with van der Waals surface area (Å²) in [5.41, 5.74) is -0.696. The van der Waals surface area contributed by atoms with E-state index in [2.05, 4.69) is 5.32 Å². The van der Waals surface area contributed by atoms with Gasteiger partial charge in [0.05, 0.1) is 23.8 Å². The summed E-state index contributed by atoms with van der Waals surface area (Å²) in [4.78, 5) is 12.0. The number of hydrogen-bond donors (Lipinski definition) is 2. The monoisotopic (exact) mass is 319 g/mol. The average Bonchev–Trinajstić information content (AvgIpc) is 2.83. The summed E-state index contributed by atoms with van der Waals surface area (Å²) < 4.78 is 10.1. The standard InChI is InChI=1S/C13H15Cl2NO4/c1-19-11-9(14)4-8(5-10(11)15)12(17)16-6-13(18)2-3-20-7-13/h4-5,18H,2-3,6-7H2,1H3,(H,16,17). The van der Waals surface area contributed by atoms with Crippen molar-refractivity contribution in [3.05, 3.63) is 27.7 Å². The molecule has 2 N–H and O–H groups in total. The third-order valence-electron chi connectivity index (χ3n) is 3.13. The highest BCUT2D eigenvalue weighted by Gasteiger charge is 2.32. The Balaban J connectivity index is 2.06. The summed E-state index contributed by atoms with van der Waals surface area (Å²) in [6, 6.07) is 2.94. The lowest BCUT2D eigenvalue weighted by Crippen LogP contribution is -2.43. The Hall–Kier alpha value is -1.01. The number of aliphatic hydroxyl groups is 1. The van der Waals surface area contributed by atoms with E-state index in [1.165, 1.54) is 19.2 Å². The van der Waals surface area contributed by atoms with E-state index in [0.29, 0.717) is 24.3 Å². The maximum atomic E-state index is 12.0. The molecule has 0 aromatic heterocycles. The molecular weight excluding hydrogens is 305 g/mol. The van der Waals surface area contributed by atoms with Gasteiger partial charge in [-0.1, -0.05) is 23.2 Å². The molecule has 1 fully saturated rings. The van der Waals surface area contributed by atoms with Crippen molar-refractivity contribution in [1.82, 2.24) is 5.32 Å². The molecule has 0 saturated carbocycles. The quantitative estimate of drug-likeness (QED) is 0.889. The fourth-order valence-electron chi connectivity index (χ4n) is 1.97. The largest absolute Gasteiger partial charge is 0.494 e. The van der Waals surface area contributed by atoms with E-state index < -0.39 is 5.60 Å². The van der Waals surface area contributed by atoms with Crippen LogP contribution in [-0.2, 0) is 4.74 Å². The van der Waals surface area contributed by atoms with E-state index in [-0.39, 0.29) is 29.1 Å². The second-order valence-corrected chi connectivity index (χ2v) is 5.50. The van der Waals surface area contributed by atoms with E-state index in [1.807, 2.05) is 0 Å². The summed E-state index contributed by atoms with van der Waals surface area (Å²) in [5, 5.41) is 13.2. The van der Waals surface area contributed by atoms with Crippen LogP contribution in [-0.4, -0.2) is 43.5 Å². The van der Waals surface area contributed by atoms with E-state index in [9.17, 15) is 9.90 Å². The van der Waals surface area contributed by atoms with Crippen LogP contribution in [0.25, 0.3) is 0 Å². The Bertz CT molecular complexity index is 492. The van der Waals surface area contributed by atoms with Crippen LogP contribution >= 0.6 is 23.2 Å². The minimum absolute atomic E-state index is 0.118. The molecule has 5 nitrogen and oxygen atoms in total. The summed E-state index contributed by atoms with van der Waals surface area (Å²) in [7, 11) is 1.45. The van der Waals surface area contributed by atoms with Gasteiger partial charge in [0.25, 0.3) is 5.91 Å². The predicted octanol–water partition coefficient (Wildman–Crippen LogP) is 1.88. The second kappa shape index (κ2) is 6.18. The smallest absolute Gasteiger partial charge is 0.251 e. The first kappa shape index (κ1) is 15.4. The van der Waals surface area contributed by atoms with Gasteiger partial charge in [-0.05, 0) is 12.1 Å². The van der Waals surface area contributed by atoms with E-state index in [1.54, 1.807) is 0 Å². The molecule has 7 heteroatoms. The maximum absolute atomic E-state index is 12.0. The van der Waals surface area contributed by atoms with Crippen LogP contribution in [0.3, 0.4) is 0 Å². The number of methoxy groups -OCH3 is 1. The minimum Gasteiger partial charge on any atom is -0.494 e. The van der Waals surface area contributed by atoms with Gasteiger partial charge in [0.2, 0.25) is 0 Å². The van der Waals surface area contributed by atoms with Crippen molar-refractivity contribution >= 4 is 29.1 Å². The number of carbonyl (C=O) groups excluding carboxylic acids is 1. The minimum atomic E-state index is -1.00. The lowest BCUT2D eigenvalue weighted by molar-refractivity contribution is 0.0264.